The smallest absolute Gasteiger partial charge is 0.153 e. The second-order valence-corrected chi connectivity index (χ2v) is 4.57. The molecule has 0 aliphatic rings. The number of halogens is 1. The van der Waals surface area contributed by atoms with Crippen molar-refractivity contribution in [3.63, 3.8) is 0 Å². The van der Waals surface area contributed by atoms with E-state index in [1.807, 2.05) is 27.1 Å². The third-order valence-electron chi connectivity index (χ3n) is 2.60. The minimum atomic E-state index is -0.212. The molecule has 7 nitrogen and oxygen atoms in total. The van der Waals surface area contributed by atoms with E-state index in [4.69, 9.17) is 5.84 Å². The molecule has 17 heavy (non-hydrogen) atoms. The van der Waals surface area contributed by atoms with E-state index in [1.54, 1.807) is 9.36 Å². The summed E-state index contributed by atoms with van der Waals surface area (Å²) >= 11 is 3.37. The van der Waals surface area contributed by atoms with Gasteiger partial charge in [-0.25, -0.2) is 10.1 Å². The molecule has 0 fully saturated rings. The maximum Gasteiger partial charge on any atom is 0.153 e. The van der Waals surface area contributed by atoms with Crippen LogP contribution in [0.25, 0.3) is 0 Å². The average Bonchev–Trinajstić information content (AvgIpc) is 2.76. The van der Waals surface area contributed by atoms with Crippen LogP contribution in [0.4, 0.5) is 0 Å². The van der Waals surface area contributed by atoms with Crippen LogP contribution in [-0.4, -0.2) is 24.8 Å². The van der Waals surface area contributed by atoms with Crippen LogP contribution in [0.15, 0.2) is 10.7 Å². The molecule has 1 atom stereocenters. The molecule has 1 unspecified atom stereocenters. The quantitative estimate of drug-likeness (QED) is 0.623. The molecule has 2 aromatic heterocycles. The fourth-order valence-corrected chi connectivity index (χ4v) is 2.41. The van der Waals surface area contributed by atoms with E-state index in [9.17, 15) is 0 Å². The van der Waals surface area contributed by atoms with Gasteiger partial charge in [-0.1, -0.05) is 5.21 Å². The minimum Gasteiger partial charge on any atom is -0.270 e. The Balaban J connectivity index is 2.51. The van der Waals surface area contributed by atoms with Gasteiger partial charge in [0, 0.05) is 14.1 Å². The summed E-state index contributed by atoms with van der Waals surface area (Å²) in [6.45, 7) is 1.94. The van der Waals surface area contributed by atoms with Crippen molar-refractivity contribution in [3.05, 3.63) is 27.8 Å². The van der Waals surface area contributed by atoms with Gasteiger partial charge in [-0.3, -0.25) is 10.5 Å². The molecule has 2 aromatic rings. The second-order valence-electron chi connectivity index (χ2n) is 3.82. The summed E-state index contributed by atoms with van der Waals surface area (Å²) in [5, 5.41) is 12.2. The topological polar surface area (TPSA) is 86.6 Å². The molecule has 0 radical (unpaired) electrons. The van der Waals surface area contributed by atoms with E-state index >= 15 is 0 Å². The van der Waals surface area contributed by atoms with E-state index in [-0.39, 0.29) is 6.04 Å². The fraction of sp³-hybridized carbons (Fsp3) is 0.444. The van der Waals surface area contributed by atoms with Crippen molar-refractivity contribution >= 4 is 15.9 Å². The summed E-state index contributed by atoms with van der Waals surface area (Å²) < 4.78 is 4.14. The van der Waals surface area contributed by atoms with E-state index in [1.165, 1.54) is 0 Å². The van der Waals surface area contributed by atoms with E-state index in [2.05, 4.69) is 36.8 Å². The maximum absolute atomic E-state index is 5.63. The number of aryl methyl sites for hydroxylation is 3. The van der Waals surface area contributed by atoms with E-state index < -0.39 is 0 Å². The fourth-order valence-electron chi connectivity index (χ4n) is 1.85. The molecule has 0 saturated carbocycles. The molecule has 0 aliphatic heterocycles. The molecule has 8 heteroatoms. The summed E-state index contributed by atoms with van der Waals surface area (Å²) in [6, 6.07) is 1.76. The predicted octanol–water partition coefficient (Wildman–Crippen LogP) is 0.172. The van der Waals surface area contributed by atoms with Gasteiger partial charge in [-0.2, -0.15) is 5.10 Å². The van der Waals surface area contributed by atoms with Crippen molar-refractivity contribution < 1.29 is 0 Å². The normalized spacial score (nSPS) is 13.0. The summed E-state index contributed by atoms with van der Waals surface area (Å²) in [5.74, 6) is 5.63. The van der Waals surface area contributed by atoms with E-state index in [0.717, 1.165) is 17.1 Å². The molecule has 2 heterocycles. The number of hydrazine groups is 1. The lowest BCUT2D eigenvalue weighted by molar-refractivity contribution is 0.531. The Hall–Kier alpha value is -1.25. The summed E-state index contributed by atoms with van der Waals surface area (Å²) in [6.07, 6.45) is 0. The zero-order valence-electron chi connectivity index (χ0n) is 9.85. The Labute approximate surface area is 107 Å². The van der Waals surface area contributed by atoms with Crippen LogP contribution in [-0.2, 0) is 14.1 Å². The first kappa shape index (κ1) is 12.2. The minimum absolute atomic E-state index is 0.212. The molecule has 3 N–H and O–H groups in total. The van der Waals surface area contributed by atoms with Gasteiger partial charge in [0.25, 0.3) is 0 Å². The standard InChI is InChI=1S/C9H14BrN7/c1-5-4-6(16(2)14-5)7(12-11)8-9(10)13-15-17(8)3/h4,7,12H,11H2,1-3H3. The van der Waals surface area contributed by atoms with Crippen molar-refractivity contribution in [1.29, 1.82) is 0 Å². The highest BCUT2D eigenvalue weighted by Crippen LogP contribution is 2.26. The van der Waals surface area contributed by atoms with Gasteiger partial charge in [0.1, 0.15) is 6.04 Å². The van der Waals surface area contributed by atoms with Gasteiger partial charge in [0.05, 0.1) is 17.1 Å². The predicted molar refractivity (Wildman–Crippen MR) is 65.8 cm³/mol. The zero-order chi connectivity index (χ0) is 12.6. The van der Waals surface area contributed by atoms with Crippen LogP contribution >= 0.6 is 15.9 Å². The Bertz CT molecular complexity index is 510. The number of nitrogens with zero attached hydrogens (tertiary/aromatic N) is 5. The maximum atomic E-state index is 5.63. The van der Waals surface area contributed by atoms with Crippen LogP contribution in [0.3, 0.4) is 0 Å². The number of nitrogens with one attached hydrogen (secondary N) is 1. The zero-order valence-corrected chi connectivity index (χ0v) is 11.4. The van der Waals surface area contributed by atoms with Gasteiger partial charge in [-0.05, 0) is 28.9 Å². The highest BCUT2D eigenvalue weighted by atomic mass is 79.9. The summed E-state index contributed by atoms with van der Waals surface area (Å²) in [4.78, 5) is 0. The van der Waals surface area contributed by atoms with Crippen LogP contribution in [0, 0.1) is 6.92 Å². The molecule has 0 saturated heterocycles. The highest BCUT2D eigenvalue weighted by Gasteiger charge is 2.23. The molecule has 0 amide bonds. The summed E-state index contributed by atoms with van der Waals surface area (Å²) in [5.41, 5.74) is 5.52. The molecular formula is C9H14BrN7. The van der Waals surface area contributed by atoms with Crippen molar-refractivity contribution in [2.75, 3.05) is 0 Å². The molecular weight excluding hydrogens is 286 g/mol. The van der Waals surface area contributed by atoms with Gasteiger partial charge < -0.3 is 0 Å². The monoisotopic (exact) mass is 299 g/mol. The third-order valence-corrected chi connectivity index (χ3v) is 3.17. The van der Waals surface area contributed by atoms with Gasteiger partial charge in [0.15, 0.2) is 4.60 Å². The molecule has 0 spiro atoms. The largest absolute Gasteiger partial charge is 0.270 e. The Morgan fingerprint density at radius 2 is 2.12 bits per heavy atom. The van der Waals surface area contributed by atoms with Gasteiger partial charge >= 0.3 is 0 Å². The Morgan fingerprint density at radius 1 is 1.41 bits per heavy atom. The molecule has 0 bridgehead atoms. The third kappa shape index (κ3) is 2.11. The molecule has 0 aromatic carbocycles. The van der Waals surface area contributed by atoms with Gasteiger partial charge in [0.2, 0.25) is 0 Å². The highest BCUT2D eigenvalue weighted by molar-refractivity contribution is 9.10. The Morgan fingerprint density at radius 3 is 2.53 bits per heavy atom. The SMILES string of the molecule is Cc1cc(C(NN)c2c(Br)nnn2C)n(C)n1. The molecule has 92 valence electrons. The van der Waals surface area contributed by atoms with Crippen LogP contribution in [0.2, 0.25) is 0 Å². The molecule has 0 aliphatic carbocycles. The Kier molecular flexibility index (Phi) is 3.27. The number of aromatic nitrogens is 5. The number of rotatable bonds is 3. The van der Waals surface area contributed by atoms with E-state index in [0.29, 0.717) is 4.60 Å². The lowest BCUT2D eigenvalue weighted by atomic mass is 10.1. The van der Waals surface area contributed by atoms with Crippen LogP contribution in [0.5, 0.6) is 0 Å². The van der Waals surface area contributed by atoms with Crippen LogP contribution in [0.1, 0.15) is 23.1 Å². The second kappa shape index (κ2) is 4.55. The first-order valence-corrected chi connectivity index (χ1v) is 5.85. The van der Waals surface area contributed by atoms with Crippen molar-refractivity contribution in [2.45, 2.75) is 13.0 Å². The molecule has 2 rings (SSSR count). The first-order valence-electron chi connectivity index (χ1n) is 5.06. The van der Waals surface area contributed by atoms with Crippen molar-refractivity contribution in [1.82, 2.24) is 30.2 Å². The van der Waals surface area contributed by atoms with Crippen molar-refractivity contribution in [3.8, 4) is 0 Å². The number of hydrogen-bond acceptors (Lipinski definition) is 5. The summed E-state index contributed by atoms with van der Waals surface area (Å²) in [7, 11) is 3.70. The lowest BCUT2D eigenvalue weighted by Gasteiger charge is -2.16. The van der Waals surface area contributed by atoms with Gasteiger partial charge in [-0.15, -0.1) is 5.10 Å². The first-order chi connectivity index (χ1) is 8.04. The average molecular weight is 300 g/mol. The lowest BCUT2D eigenvalue weighted by Crippen LogP contribution is -2.32. The van der Waals surface area contributed by atoms with Crippen molar-refractivity contribution in [2.24, 2.45) is 19.9 Å². The number of nitrogens with two attached hydrogens (primary N) is 1. The van der Waals surface area contributed by atoms with Crippen LogP contribution < -0.4 is 11.3 Å². The number of hydrogen-bond donors (Lipinski definition) is 2.